The van der Waals surface area contributed by atoms with Crippen LogP contribution in [0.2, 0.25) is 0 Å². The van der Waals surface area contributed by atoms with Crippen LogP contribution in [0.1, 0.15) is 61.6 Å². The van der Waals surface area contributed by atoms with Gasteiger partial charge in [-0.2, -0.15) is 0 Å². The molecule has 3 rings (SSSR count). The molecule has 0 heterocycles. The zero-order chi connectivity index (χ0) is 15.5. The molecule has 1 fully saturated rings. The van der Waals surface area contributed by atoms with Crippen LogP contribution in [-0.2, 0) is 4.79 Å². The van der Waals surface area contributed by atoms with Gasteiger partial charge in [0.05, 0.1) is 0 Å². The second kappa shape index (κ2) is 6.81. The van der Waals surface area contributed by atoms with Crippen molar-refractivity contribution in [3.8, 4) is 0 Å². The van der Waals surface area contributed by atoms with Crippen LogP contribution in [-0.4, -0.2) is 6.29 Å². The van der Waals surface area contributed by atoms with Crippen molar-refractivity contribution in [2.24, 2.45) is 17.8 Å². The maximum Gasteiger partial charge on any atom is 0.123 e. The van der Waals surface area contributed by atoms with Crippen molar-refractivity contribution in [1.82, 2.24) is 0 Å². The van der Waals surface area contributed by atoms with Crippen LogP contribution in [0.15, 0.2) is 24.3 Å². The van der Waals surface area contributed by atoms with Gasteiger partial charge in [0.1, 0.15) is 6.29 Å². The average molecular weight is 296 g/mol. The highest BCUT2D eigenvalue weighted by Crippen LogP contribution is 2.41. The molecule has 0 N–H and O–H groups in total. The molecular formula is C21H28O. The molecule has 2 aliphatic rings. The van der Waals surface area contributed by atoms with E-state index in [2.05, 4.69) is 38.1 Å². The molecule has 1 saturated carbocycles. The molecule has 1 unspecified atom stereocenters. The molecule has 0 saturated heterocycles. The highest BCUT2D eigenvalue weighted by molar-refractivity contribution is 5.69. The van der Waals surface area contributed by atoms with E-state index >= 15 is 0 Å². The minimum atomic E-state index is 0.348. The van der Waals surface area contributed by atoms with E-state index in [1.54, 1.807) is 5.57 Å². The number of benzene rings is 1. The van der Waals surface area contributed by atoms with Gasteiger partial charge in [-0.3, -0.25) is 0 Å². The summed E-state index contributed by atoms with van der Waals surface area (Å²) in [6.07, 6.45) is 12.2. The standard InChI is InChI=1S/C21H28O/c1-15-4-3-5-21(16(15)2)20-12-10-19(11-13-20)18-8-6-17(14-22)7-9-18/h3-5,12,14,17-19H,6-11,13H2,1-2H3. The maximum absolute atomic E-state index is 10.9. The van der Waals surface area contributed by atoms with Gasteiger partial charge < -0.3 is 4.79 Å². The molecular weight excluding hydrogens is 268 g/mol. The summed E-state index contributed by atoms with van der Waals surface area (Å²) in [4.78, 5) is 10.9. The summed E-state index contributed by atoms with van der Waals surface area (Å²) in [6.45, 7) is 4.45. The third-order valence-corrected chi connectivity index (χ3v) is 6.08. The fraction of sp³-hybridized carbons (Fsp3) is 0.571. The summed E-state index contributed by atoms with van der Waals surface area (Å²) < 4.78 is 0. The third kappa shape index (κ3) is 3.19. The van der Waals surface area contributed by atoms with Gasteiger partial charge in [-0.15, -0.1) is 0 Å². The largest absolute Gasteiger partial charge is 0.303 e. The number of hydrogen-bond donors (Lipinski definition) is 0. The average Bonchev–Trinajstić information content (AvgIpc) is 2.58. The Kier molecular flexibility index (Phi) is 4.81. The van der Waals surface area contributed by atoms with Crippen LogP contribution in [0.5, 0.6) is 0 Å². The van der Waals surface area contributed by atoms with Gasteiger partial charge >= 0.3 is 0 Å². The smallest absolute Gasteiger partial charge is 0.123 e. The number of carbonyl (C=O) groups is 1. The Bertz CT molecular complexity index is 561. The van der Waals surface area contributed by atoms with Crippen molar-refractivity contribution in [3.05, 3.63) is 41.0 Å². The lowest BCUT2D eigenvalue weighted by atomic mass is 9.71. The molecule has 0 spiro atoms. The highest BCUT2D eigenvalue weighted by Gasteiger charge is 2.28. The first kappa shape index (κ1) is 15.5. The third-order valence-electron chi connectivity index (χ3n) is 6.08. The van der Waals surface area contributed by atoms with E-state index in [1.165, 1.54) is 55.1 Å². The van der Waals surface area contributed by atoms with Crippen LogP contribution in [0, 0.1) is 31.6 Å². The van der Waals surface area contributed by atoms with Crippen molar-refractivity contribution in [2.75, 3.05) is 0 Å². The van der Waals surface area contributed by atoms with Crippen LogP contribution in [0.4, 0.5) is 0 Å². The summed E-state index contributed by atoms with van der Waals surface area (Å²) in [5.74, 6) is 2.05. The molecule has 1 aromatic carbocycles. The van der Waals surface area contributed by atoms with Crippen LogP contribution in [0.25, 0.3) is 5.57 Å². The fourth-order valence-electron chi connectivity index (χ4n) is 4.38. The van der Waals surface area contributed by atoms with E-state index in [0.29, 0.717) is 5.92 Å². The molecule has 1 atom stereocenters. The zero-order valence-electron chi connectivity index (χ0n) is 14.0. The van der Waals surface area contributed by atoms with Crippen LogP contribution < -0.4 is 0 Å². The predicted octanol–water partition coefficient (Wildman–Crippen LogP) is 5.49. The minimum Gasteiger partial charge on any atom is -0.303 e. The molecule has 0 bridgehead atoms. The molecule has 118 valence electrons. The topological polar surface area (TPSA) is 17.1 Å². The van der Waals surface area contributed by atoms with Gasteiger partial charge in [0.2, 0.25) is 0 Å². The lowest BCUT2D eigenvalue weighted by Crippen LogP contribution is -2.23. The Morgan fingerprint density at radius 3 is 2.41 bits per heavy atom. The molecule has 0 aliphatic heterocycles. The number of allylic oxidation sites excluding steroid dienone is 2. The van der Waals surface area contributed by atoms with Gasteiger partial charge in [-0.05, 0) is 92.9 Å². The number of rotatable bonds is 3. The van der Waals surface area contributed by atoms with E-state index < -0.39 is 0 Å². The SMILES string of the molecule is Cc1cccc(C2=CCC(C3CCC(C=O)CC3)CC2)c1C. The highest BCUT2D eigenvalue weighted by atomic mass is 16.1. The van der Waals surface area contributed by atoms with E-state index in [1.807, 2.05) is 0 Å². The van der Waals surface area contributed by atoms with E-state index in [-0.39, 0.29) is 0 Å². The number of aryl methyl sites for hydroxylation is 1. The summed E-state index contributed by atoms with van der Waals surface area (Å²) in [5, 5.41) is 0. The van der Waals surface area contributed by atoms with Crippen molar-refractivity contribution in [1.29, 1.82) is 0 Å². The second-order valence-electron chi connectivity index (χ2n) is 7.32. The van der Waals surface area contributed by atoms with Crippen LogP contribution >= 0.6 is 0 Å². The number of aldehydes is 1. The zero-order valence-corrected chi connectivity index (χ0v) is 14.0. The lowest BCUT2D eigenvalue weighted by Gasteiger charge is -2.34. The Hall–Kier alpha value is -1.37. The van der Waals surface area contributed by atoms with Crippen molar-refractivity contribution in [3.63, 3.8) is 0 Å². The summed E-state index contributed by atoms with van der Waals surface area (Å²) in [6, 6.07) is 6.67. The van der Waals surface area contributed by atoms with E-state index in [9.17, 15) is 4.79 Å². The normalized spacial score (nSPS) is 29.0. The molecule has 0 amide bonds. The number of hydrogen-bond acceptors (Lipinski definition) is 1. The molecule has 0 radical (unpaired) electrons. The first-order valence-electron chi connectivity index (χ1n) is 8.90. The first-order valence-corrected chi connectivity index (χ1v) is 8.90. The first-order chi connectivity index (χ1) is 10.7. The Morgan fingerprint density at radius 1 is 1.00 bits per heavy atom. The summed E-state index contributed by atoms with van der Waals surface area (Å²) >= 11 is 0. The lowest BCUT2D eigenvalue weighted by molar-refractivity contribution is -0.112. The van der Waals surface area contributed by atoms with Gasteiger partial charge in [-0.1, -0.05) is 24.3 Å². The van der Waals surface area contributed by atoms with Crippen molar-refractivity contribution < 1.29 is 4.79 Å². The van der Waals surface area contributed by atoms with Gasteiger partial charge in [0, 0.05) is 5.92 Å². The van der Waals surface area contributed by atoms with Crippen molar-refractivity contribution in [2.45, 2.75) is 58.8 Å². The minimum absolute atomic E-state index is 0.348. The quantitative estimate of drug-likeness (QED) is 0.674. The number of carbonyl (C=O) groups excluding carboxylic acids is 1. The maximum atomic E-state index is 10.9. The molecule has 22 heavy (non-hydrogen) atoms. The second-order valence-corrected chi connectivity index (χ2v) is 7.32. The monoisotopic (exact) mass is 296 g/mol. The predicted molar refractivity (Wildman–Crippen MR) is 92.7 cm³/mol. The Balaban J connectivity index is 1.65. The van der Waals surface area contributed by atoms with E-state index in [4.69, 9.17) is 0 Å². The molecule has 2 aliphatic carbocycles. The molecule has 1 aromatic rings. The van der Waals surface area contributed by atoms with E-state index in [0.717, 1.165) is 24.7 Å². The molecule has 1 heteroatoms. The molecule has 1 nitrogen and oxygen atoms in total. The van der Waals surface area contributed by atoms with Gasteiger partial charge in [0.15, 0.2) is 0 Å². The Labute approximate surface area is 134 Å². The fourth-order valence-corrected chi connectivity index (χ4v) is 4.38. The summed E-state index contributed by atoms with van der Waals surface area (Å²) in [7, 11) is 0. The molecule has 0 aromatic heterocycles. The van der Waals surface area contributed by atoms with Gasteiger partial charge in [-0.25, -0.2) is 0 Å². The van der Waals surface area contributed by atoms with Gasteiger partial charge in [0.25, 0.3) is 0 Å². The summed E-state index contributed by atoms with van der Waals surface area (Å²) in [5.41, 5.74) is 5.86. The van der Waals surface area contributed by atoms with Crippen molar-refractivity contribution >= 4 is 11.9 Å². The van der Waals surface area contributed by atoms with Crippen LogP contribution in [0.3, 0.4) is 0 Å². The Morgan fingerprint density at radius 2 is 1.77 bits per heavy atom.